The second-order valence-electron chi connectivity index (χ2n) is 6.92. The van der Waals surface area contributed by atoms with Gasteiger partial charge in [-0.15, -0.1) is 0 Å². The van der Waals surface area contributed by atoms with E-state index in [-0.39, 0.29) is 6.42 Å². The minimum Gasteiger partial charge on any atom is -0.353 e. The lowest BCUT2D eigenvalue weighted by atomic mass is 10.1. The molecule has 0 radical (unpaired) electrons. The maximum atomic E-state index is 11.5. The second-order valence-corrected chi connectivity index (χ2v) is 10.6. The topological polar surface area (TPSA) is 91.7 Å². The highest BCUT2D eigenvalue weighted by molar-refractivity contribution is 7.92. The molecule has 2 unspecified atom stereocenters. The Morgan fingerprint density at radius 1 is 0.962 bits per heavy atom. The number of hydrogen-bond acceptors (Lipinski definition) is 4. The minimum atomic E-state index is -4.39. The van der Waals surface area contributed by atoms with Crippen molar-refractivity contribution in [2.45, 2.75) is 77.6 Å². The van der Waals surface area contributed by atoms with Gasteiger partial charge in [0.2, 0.25) is 6.35 Å². The standard InChI is InChI=1S/C19H33O5PS/c1-16(2)9-7-11-18(4)13-8-12-17(3)10-5-6-14-19(25(21)15-20)26(22,23)24/h9-10,13,19-20H,5-8,11-12,14-15H2,1-4H3/p+1. The fourth-order valence-electron chi connectivity index (χ4n) is 2.51. The molecule has 0 aliphatic rings. The zero-order valence-corrected chi connectivity index (χ0v) is 18.2. The van der Waals surface area contributed by atoms with E-state index in [1.54, 1.807) is 0 Å². The highest BCUT2D eigenvalue weighted by Gasteiger charge is 2.39. The summed E-state index contributed by atoms with van der Waals surface area (Å²) in [6.45, 7) is 8.40. The van der Waals surface area contributed by atoms with E-state index in [1.165, 1.54) is 16.7 Å². The molecule has 5 nitrogen and oxygen atoms in total. The van der Waals surface area contributed by atoms with Crippen molar-refractivity contribution in [3.63, 3.8) is 0 Å². The largest absolute Gasteiger partial charge is 0.388 e. The van der Waals surface area contributed by atoms with Gasteiger partial charge in [-0.05, 0) is 66.2 Å². The Labute approximate surface area is 159 Å². The van der Waals surface area contributed by atoms with Crippen LogP contribution in [0.4, 0.5) is 0 Å². The van der Waals surface area contributed by atoms with Gasteiger partial charge in [0.15, 0.2) is 0 Å². The molecular weight excluding hydrogens is 371 g/mol. The highest BCUT2D eigenvalue weighted by Crippen LogP contribution is 2.34. The Morgan fingerprint density at radius 2 is 1.46 bits per heavy atom. The summed E-state index contributed by atoms with van der Waals surface area (Å²) in [6, 6.07) is 0. The van der Waals surface area contributed by atoms with Gasteiger partial charge in [-0.1, -0.05) is 39.5 Å². The first kappa shape index (κ1) is 25.2. The Kier molecular flexibility index (Phi) is 13.0. The van der Waals surface area contributed by atoms with Crippen LogP contribution in [-0.2, 0) is 14.7 Å². The van der Waals surface area contributed by atoms with Crippen molar-refractivity contribution in [3.05, 3.63) is 34.9 Å². The molecule has 0 bridgehead atoms. The third-order valence-electron chi connectivity index (χ3n) is 4.08. The predicted octanol–water partition coefficient (Wildman–Crippen LogP) is 5.57. The molecule has 0 rings (SSSR count). The summed E-state index contributed by atoms with van der Waals surface area (Å²) in [6.07, 6.45) is 11.2. The SMILES string of the molecule is CC(C)=CCCC(C)=CCCC(C)=CCCCC([P+](=O)CO)S(=O)(=O)O. The average Bonchev–Trinajstić information content (AvgIpc) is 2.52. The summed E-state index contributed by atoms with van der Waals surface area (Å²) < 4.78 is 43.1. The maximum absolute atomic E-state index is 11.5. The Balaban J connectivity index is 4.25. The maximum Gasteiger partial charge on any atom is 0.388 e. The molecule has 0 fully saturated rings. The lowest BCUT2D eigenvalue weighted by molar-refractivity contribution is 0.360. The molecule has 7 heteroatoms. The lowest BCUT2D eigenvalue weighted by Gasteiger charge is -2.04. The molecule has 0 saturated heterocycles. The number of unbranched alkanes of at least 4 members (excludes halogenated alkanes) is 1. The van der Waals surface area contributed by atoms with Crippen molar-refractivity contribution in [2.24, 2.45) is 0 Å². The van der Waals surface area contributed by atoms with E-state index < -0.39 is 29.3 Å². The molecule has 0 amide bonds. The van der Waals surface area contributed by atoms with Gasteiger partial charge in [-0.3, -0.25) is 4.55 Å². The van der Waals surface area contributed by atoms with Crippen LogP contribution in [0.15, 0.2) is 34.9 Å². The van der Waals surface area contributed by atoms with Crippen LogP contribution in [-0.4, -0.2) is 29.4 Å². The lowest BCUT2D eigenvalue weighted by Crippen LogP contribution is -2.17. The van der Waals surface area contributed by atoms with E-state index in [0.717, 1.165) is 25.7 Å². The van der Waals surface area contributed by atoms with Crippen LogP contribution in [0.2, 0.25) is 0 Å². The number of rotatable bonds is 13. The molecular formula is C19H34O5PS+. The molecule has 0 spiro atoms. The van der Waals surface area contributed by atoms with E-state index in [2.05, 4.69) is 39.0 Å². The van der Waals surface area contributed by atoms with E-state index in [9.17, 15) is 13.0 Å². The van der Waals surface area contributed by atoms with Gasteiger partial charge < -0.3 is 5.11 Å². The van der Waals surface area contributed by atoms with Crippen LogP contribution in [0, 0.1) is 0 Å². The van der Waals surface area contributed by atoms with Crippen molar-refractivity contribution in [3.8, 4) is 0 Å². The van der Waals surface area contributed by atoms with Crippen molar-refractivity contribution in [1.29, 1.82) is 0 Å². The molecule has 0 aromatic rings. The van der Waals surface area contributed by atoms with Crippen molar-refractivity contribution >= 4 is 17.9 Å². The van der Waals surface area contributed by atoms with E-state index in [0.29, 0.717) is 12.8 Å². The highest BCUT2D eigenvalue weighted by atomic mass is 32.2. The zero-order chi connectivity index (χ0) is 20.2. The Morgan fingerprint density at radius 3 is 1.92 bits per heavy atom. The van der Waals surface area contributed by atoms with Gasteiger partial charge >= 0.3 is 17.9 Å². The van der Waals surface area contributed by atoms with Crippen molar-refractivity contribution < 1.29 is 22.6 Å². The van der Waals surface area contributed by atoms with Crippen molar-refractivity contribution in [2.75, 3.05) is 6.35 Å². The molecule has 0 aliphatic heterocycles. The fraction of sp³-hybridized carbons (Fsp3) is 0.684. The molecule has 150 valence electrons. The summed E-state index contributed by atoms with van der Waals surface area (Å²) in [5.74, 6) is 0. The summed E-state index contributed by atoms with van der Waals surface area (Å²) in [7, 11) is -6.74. The molecule has 2 atom stereocenters. The Hall–Kier alpha value is -0.810. The Bertz CT molecular complexity index is 628. The van der Waals surface area contributed by atoms with Crippen LogP contribution < -0.4 is 0 Å². The smallest absolute Gasteiger partial charge is 0.353 e. The van der Waals surface area contributed by atoms with Crippen LogP contribution in [0.1, 0.15) is 72.6 Å². The summed E-state index contributed by atoms with van der Waals surface area (Å²) in [5, 5.41) is 8.86. The van der Waals surface area contributed by atoms with Crippen LogP contribution in [0.5, 0.6) is 0 Å². The van der Waals surface area contributed by atoms with Gasteiger partial charge in [0.25, 0.3) is 4.99 Å². The van der Waals surface area contributed by atoms with E-state index in [1.807, 2.05) is 6.92 Å². The molecule has 0 aromatic carbocycles. The normalized spacial score (nSPS) is 14.9. The molecule has 2 N–H and O–H groups in total. The molecule has 0 aromatic heterocycles. The fourth-order valence-corrected chi connectivity index (χ4v) is 5.02. The summed E-state index contributed by atoms with van der Waals surface area (Å²) in [5.41, 5.74) is 3.96. The van der Waals surface area contributed by atoms with Crippen molar-refractivity contribution in [1.82, 2.24) is 0 Å². The third-order valence-corrected chi connectivity index (χ3v) is 7.68. The third kappa shape index (κ3) is 12.5. The number of aliphatic hydroxyl groups excluding tert-OH is 1. The monoisotopic (exact) mass is 405 g/mol. The van der Waals surface area contributed by atoms with Gasteiger partial charge in [0, 0.05) is 6.42 Å². The number of allylic oxidation sites excluding steroid dienone is 6. The molecule has 26 heavy (non-hydrogen) atoms. The first-order valence-corrected chi connectivity index (χ1v) is 12.0. The van der Waals surface area contributed by atoms with E-state index in [4.69, 9.17) is 9.66 Å². The first-order chi connectivity index (χ1) is 12.1. The van der Waals surface area contributed by atoms with Gasteiger partial charge in [0.1, 0.15) is 0 Å². The summed E-state index contributed by atoms with van der Waals surface area (Å²) in [4.78, 5) is -1.37. The second kappa shape index (κ2) is 13.4. The van der Waals surface area contributed by atoms with Gasteiger partial charge in [-0.25, -0.2) is 0 Å². The van der Waals surface area contributed by atoms with Gasteiger partial charge in [-0.2, -0.15) is 8.42 Å². The number of hydrogen-bond donors (Lipinski definition) is 2. The van der Waals surface area contributed by atoms with Crippen LogP contribution in [0.25, 0.3) is 0 Å². The van der Waals surface area contributed by atoms with E-state index >= 15 is 0 Å². The van der Waals surface area contributed by atoms with Crippen LogP contribution in [0.3, 0.4) is 0 Å². The molecule has 0 saturated carbocycles. The summed E-state index contributed by atoms with van der Waals surface area (Å²) >= 11 is 0. The molecule has 0 aliphatic carbocycles. The first-order valence-electron chi connectivity index (χ1n) is 9.03. The van der Waals surface area contributed by atoms with Gasteiger partial charge in [0.05, 0.1) is 0 Å². The average molecular weight is 406 g/mol. The van der Waals surface area contributed by atoms with Crippen LogP contribution >= 0.6 is 7.80 Å². The zero-order valence-electron chi connectivity index (χ0n) is 16.4. The molecule has 0 heterocycles. The quantitative estimate of drug-likeness (QED) is 0.181. The predicted molar refractivity (Wildman–Crippen MR) is 109 cm³/mol. The minimum absolute atomic E-state index is 0.0851. The number of aliphatic hydroxyl groups is 1.